The fraction of sp³-hybridized carbons (Fsp3) is 0.357. The number of imide groups is 1. The second kappa shape index (κ2) is 8.57. The molecule has 3 amide bonds. The Morgan fingerprint density at radius 3 is 2.62 bits per heavy atom. The van der Waals surface area contributed by atoms with Gasteiger partial charge in [-0.25, -0.2) is 4.79 Å². The van der Waals surface area contributed by atoms with E-state index in [9.17, 15) is 14.4 Å². The summed E-state index contributed by atoms with van der Waals surface area (Å²) in [5.74, 6) is -1.29. The highest BCUT2D eigenvalue weighted by atomic mass is 16.5. The molecule has 1 aromatic carbocycles. The number of carbonyl (C=O) groups excluding carboxylic acids is 2. The van der Waals surface area contributed by atoms with Crippen LogP contribution in [0.2, 0.25) is 0 Å². The van der Waals surface area contributed by atoms with Gasteiger partial charge in [0, 0.05) is 12.1 Å². The van der Waals surface area contributed by atoms with Gasteiger partial charge in [-0.05, 0) is 12.5 Å². The number of carboxylic acid groups (broad SMARTS) is 1. The second-order valence-corrected chi connectivity index (χ2v) is 4.27. The first-order valence-corrected chi connectivity index (χ1v) is 6.53. The standard InChI is InChI=1S/C14H18N2O5/c1-2-7-15-14(20)16-12(17)9-21-11-6-4-3-5-10(11)8-13(18)19/h3-6H,2,7-9H2,1H3,(H,18,19)(H2,15,16,17,20). The summed E-state index contributed by atoms with van der Waals surface area (Å²) in [7, 11) is 0. The molecule has 3 N–H and O–H groups in total. The van der Waals surface area contributed by atoms with Crippen molar-refractivity contribution in [2.45, 2.75) is 19.8 Å². The summed E-state index contributed by atoms with van der Waals surface area (Å²) in [5.41, 5.74) is 0.466. The van der Waals surface area contributed by atoms with Crippen LogP contribution in [0.25, 0.3) is 0 Å². The molecule has 0 radical (unpaired) electrons. The van der Waals surface area contributed by atoms with Crippen LogP contribution in [0.4, 0.5) is 4.79 Å². The maximum absolute atomic E-state index is 11.5. The SMILES string of the molecule is CCCNC(=O)NC(=O)COc1ccccc1CC(=O)O. The van der Waals surface area contributed by atoms with Crippen LogP contribution in [0.3, 0.4) is 0 Å². The molecule has 7 heteroatoms. The zero-order valence-corrected chi connectivity index (χ0v) is 11.7. The number of hydrogen-bond acceptors (Lipinski definition) is 4. The van der Waals surface area contributed by atoms with E-state index in [2.05, 4.69) is 10.6 Å². The number of carbonyl (C=O) groups is 3. The number of para-hydroxylation sites is 1. The maximum atomic E-state index is 11.5. The van der Waals surface area contributed by atoms with Crippen LogP contribution in [0, 0.1) is 0 Å². The molecule has 0 aliphatic heterocycles. The van der Waals surface area contributed by atoms with Crippen LogP contribution < -0.4 is 15.4 Å². The number of aliphatic carboxylic acids is 1. The number of carboxylic acids is 1. The van der Waals surface area contributed by atoms with E-state index < -0.39 is 17.9 Å². The first kappa shape index (κ1) is 16.5. The number of ether oxygens (including phenoxy) is 1. The Hall–Kier alpha value is -2.57. The van der Waals surface area contributed by atoms with E-state index in [0.717, 1.165) is 6.42 Å². The van der Waals surface area contributed by atoms with Crippen molar-refractivity contribution in [1.29, 1.82) is 0 Å². The summed E-state index contributed by atoms with van der Waals surface area (Å²) in [4.78, 5) is 33.5. The molecule has 0 saturated heterocycles. The number of nitrogens with one attached hydrogen (secondary N) is 2. The Labute approximate surface area is 122 Å². The fourth-order valence-electron chi connectivity index (χ4n) is 1.54. The molecule has 0 unspecified atom stereocenters. The van der Waals surface area contributed by atoms with Crippen molar-refractivity contribution >= 4 is 17.9 Å². The Kier molecular flexibility index (Phi) is 6.73. The lowest BCUT2D eigenvalue weighted by Crippen LogP contribution is -2.41. The summed E-state index contributed by atoms with van der Waals surface area (Å²) < 4.78 is 5.25. The highest BCUT2D eigenvalue weighted by Gasteiger charge is 2.11. The predicted molar refractivity (Wildman–Crippen MR) is 75.1 cm³/mol. The number of amides is 3. The molecule has 1 rings (SSSR count). The van der Waals surface area contributed by atoms with Crippen molar-refractivity contribution < 1.29 is 24.2 Å². The molecule has 114 valence electrons. The van der Waals surface area contributed by atoms with Gasteiger partial charge in [0.15, 0.2) is 6.61 Å². The number of benzene rings is 1. The topological polar surface area (TPSA) is 105 Å². The molecular weight excluding hydrogens is 276 g/mol. The first-order valence-electron chi connectivity index (χ1n) is 6.53. The minimum Gasteiger partial charge on any atom is -0.483 e. The predicted octanol–water partition coefficient (Wildman–Crippen LogP) is 0.928. The van der Waals surface area contributed by atoms with E-state index in [0.29, 0.717) is 17.9 Å². The van der Waals surface area contributed by atoms with E-state index in [1.807, 2.05) is 6.92 Å². The molecule has 0 atom stereocenters. The Balaban J connectivity index is 2.49. The average Bonchev–Trinajstić information content (AvgIpc) is 2.43. The molecule has 7 nitrogen and oxygen atoms in total. The van der Waals surface area contributed by atoms with E-state index in [1.165, 1.54) is 0 Å². The lowest BCUT2D eigenvalue weighted by atomic mass is 10.1. The molecule has 0 aliphatic carbocycles. The molecule has 21 heavy (non-hydrogen) atoms. The van der Waals surface area contributed by atoms with Gasteiger partial charge in [-0.15, -0.1) is 0 Å². The van der Waals surface area contributed by atoms with Gasteiger partial charge in [0.25, 0.3) is 5.91 Å². The Morgan fingerprint density at radius 2 is 1.95 bits per heavy atom. The lowest BCUT2D eigenvalue weighted by molar-refractivity contribution is -0.136. The van der Waals surface area contributed by atoms with Crippen LogP contribution >= 0.6 is 0 Å². The monoisotopic (exact) mass is 294 g/mol. The van der Waals surface area contributed by atoms with E-state index in [1.54, 1.807) is 24.3 Å². The van der Waals surface area contributed by atoms with Crippen LogP contribution in [0.15, 0.2) is 24.3 Å². The fourth-order valence-corrected chi connectivity index (χ4v) is 1.54. The largest absolute Gasteiger partial charge is 0.483 e. The highest BCUT2D eigenvalue weighted by molar-refractivity contribution is 5.95. The zero-order chi connectivity index (χ0) is 15.7. The van der Waals surface area contributed by atoms with Gasteiger partial charge >= 0.3 is 12.0 Å². The molecule has 1 aromatic rings. The molecule has 0 spiro atoms. The Bertz CT molecular complexity index is 516. The molecule has 0 aromatic heterocycles. The van der Waals surface area contributed by atoms with Crippen LogP contribution in [-0.2, 0) is 16.0 Å². The second-order valence-electron chi connectivity index (χ2n) is 4.27. The zero-order valence-electron chi connectivity index (χ0n) is 11.7. The summed E-state index contributed by atoms with van der Waals surface area (Å²) in [6, 6.07) is 5.96. The molecule has 0 saturated carbocycles. The van der Waals surface area contributed by atoms with Gasteiger partial charge in [-0.3, -0.25) is 14.9 Å². The van der Waals surface area contributed by atoms with Gasteiger partial charge in [0.1, 0.15) is 5.75 Å². The highest BCUT2D eigenvalue weighted by Crippen LogP contribution is 2.18. The summed E-state index contributed by atoms with van der Waals surface area (Å²) in [6.45, 7) is 2.00. The van der Waals surface area contributed by atoms with Gasteiger partial charge in [-0.1, -0.05) is 25.1 Å². The van der Waals surface area contributed by atoms with Crippen LogP contribution in [-0.4, -0.2) is 36.2 Å². The van der Waals surface area contributed by atoms with E-state index in [4.69, 9.17) is 9.84 Å². The van der Waals surface area contributed by atoms with E-state index in [-0.39, 0.29) is 13.0 Å². The summed E-state index contributed by atoms with van der Waals surface area (Å²) >= 11 is 0. The third-order valence-corrected chi connectivity index (χ3v) is 2.46. The van der Waals surface area contributed by atoms with Crippen molar-refractivity contribution in [2.24, 2.45) is 0 Å². The Morgan fingerprint density at radius 1 is 1.24 bits per heavy atom. The third-order valence-electron chi connectivity index (χ3n) is 2.46. The van der Waals surface area contributed by atoms with Gasteiger partial charge in [0.2, 0.25) is 0 Å². The number of rotatable bonds is 7. The van der Waals surface area contributed by atoms with Crippen molar-refractivity contribution in [3.8, 4) is 5.75 Å². The summed E-state index contributed by atoms with van der Waals surface area (Å²) in [5, 5.41) is 13.4. The third kappa shape index (κ3) is 6.42. The van der Waals surface area contributed by atoms with Gasteiger partial charge < -0.3 is 15.2 Å². The van der Waals surface area contributed by atoms with Crippen molar-refractivity contribution in [1.82, 2.24) is 10.6 Å². The average molecular weight is 294 g/mol. The minimum absolute atomic E-state index is 0.200. The van der Waals surface area contributed by atoms with E-state index >= 15 is 0 Å². The van der Waals surface area contributed by atoms with Crippen molar-refractivity contribution in [3.63, 3.8) is 0 Å². The number of hydrogen-bond donors (Lipinski definition) is 3. The minimum atomic E-state index is -0.991. The normalized spacial score (nSPS) is 9.76. The van der Waals surface area contributed by atoms with Crippen molar-refractivity contribution in [2.75, 3.05) is 13.2 Å². The molecule has 0 fully saturated rings. The summed E-state index contributed by atoms with van der Waals surface area (Å²) in [6.07, 6.45) is 0.565. The van der Waals surface area contributed by atoms with Crippen LogP contribution in [0.5, 0.6) is 5.75 Å². The van der Waals surface area contributed by atoms with Gasteiger partial charge in [-0.2, -0.15) is 0 Å². The smallest absolute Gasteiger partial charge is 0.321 e. The molecular formula is C14H18N2O5. The molecule has 0 aliphatic rings. The van der Waals surface area contributed by atoms with Gasteiger partial charge in [0.05, 0.1) is 6.42 Å². The van der Waals surface area contributed by atoms with Crippen molar-refractivity contribution in [3.05, 3.63) is 29.8 Å². The number of urea groups is 1. The molecule has 0 heterocycles. The maximum Gasteiger partial charge on any atom is 0.321 e. The lowest BCUT2D eigenvalue weighted by Gasteiger charge is -2.10. The molecule has 0 bridgehead atoms. The first-order chi connectivity index (χ1) is 10.0. The van der Waals surface area contributed by atoms with Crippen LogP contribution in [0.1, 0.15) is 18.9 Å². The quantitative estimate of drug-likeness (QED) is 0.694.